The Balaban J connectivity index is 1.46. The highest BCUT2D eigenvalue weighted by molar-refractivity contribution is 7.95. The number of hydrogen-bond donors (Lipinski definition) is 1. The van der Waals surface area contributed by atoms with Crippen molar-refractivity contribution in [2.75, 3.05) is 11.9 Å². The first-order valence-electron chi connectivity index (χ1n) is 13.1. The maximum atomic E-state index is 14.1. The van der Waals surface area contributed by atoms with Crippen molar-refractivity contribution in [3.8, 4) is 17.2 Å². The van der Waals surface area contributed by atoms with Crippen molar-refractivity contribution in [2.45, 2.75) is 37.3 Å². The Bertz CT molecular complexity index is 1680. The van der Waals surface area contributed by atoms with Crippen LogP contribution in [0.15, 0.2) is 67.0 Å². The molecule has 230 valence electrons. The van der Waals surface area contributed by atoms with Crippen molar-refractivity contribution < 1.29 is 45.6 Å². The second kappa shape index (κ2) is 12.5. The second-order valence-corrected chi connectivity index (χ2v) is 10.6. The first kappa shape index (κ1) is 30.8. The van der Waals surface area contributed by atoms with Crippen LogP contribution in [-0.2, 0) is 12.6 Å². The van der Waals surface area contributed by atoms with E-state index in [9.17, 15) is 31.5 Å². The van der Waals surface area contributed by atoms with Gasteiger partial charge in [-0.15, -0.1) is 0 Å². The minimum Gasteiger partial charge on any atom is -0.478 e. The van der Waals surface area contributed by atoms with Crippen LogP contribution in [0.3, 0.4) is 0 Å². The lowest BCUT2D eigenvalue weighted by Crippen LogP contribution is -2.26. The summed E-state index contributed by atoms with van der Waals surface area (Å²) in [7, 11) is 1.39. The molecule has 15 heteroatoms. The molecule has 4 aromatic rings. The molecule has 0 saturated carbocycles. The molecule has 0 bridgehead atoms. The van der Waals surface area contributed by atoms with Crippen LogP contribution in [0.4, 0.5) is 27.6 Å². The maximum Gasteiger partial charge on any atom is 0.435 e. The molecule has 1 unspecified atom stereocenters. The van der Waals surface area contributed by atoms with Crippen LogP contribution >= 0.6 is 12.0 Å². The van der Waals surface area contributed by atoms with Crippen LogP contribution in [0, 0.1) is 0 Å². The number of aromatic carboxylic acids is 1. The molecule has 1 atom stereocenters. The van der Waals surface area contributed by atoms with Crippen LogP contribution in [0.1, 0.15) is 55.8 Å². The van der Waals surface area contributed by atoms with Gasteiger partial charge in [0.2, 0.25) is 0 Å². The van der Waals surface area contributed by atoms with E-state index in [1.807, 2.05) is 0 Å². The Kier molecular flexibility index (Phi) is 8.76. The molecule has 9 nitrogen and oxygen atoms in total. The molecule has 0 spiro atoms. The Hall–Kier alpha value is -4.66. The maximum absolute atomic E-state index is 14.1. The Morgan fingerprint density at radius 2 is 1.82 bits per heavy atom. The van der Waals surface area contributed by atoms with Gasteiger partial charge in [0.05, 0.1) is 52.3 Å². The topological polar surface area (TPSA) is 107 Å². The van der Waals surface area contributed by atoms with Crippen molar-refractivity contribution in [1.29, 1.82) is 0 Å². The summed E-state index contributed by atoms with van der Waals surface area (Å²) in [4.78, 5) is 29.4. The van der Waals surface area contributed by atoms with Crippen molar-refractivity contribution in [2.24, 2.45) is 0 Å². The molecule has 5 rings (SSSR count). The number of carboxylic acid groups (broad SMARTS) is 1. The number of anilines is 1. The predicted octanol–water partition coefficient (Wildman–Crippen LogP) is 6.97. The molecule has 2 aromatic heterocycles. The van der Waals surface area contributed by atoms with Gasteiger partial charge in [-0.05, 0) is 61.7 Å². The standard InChI is InChI=1S/C29H23F5N4O5S/c1-37(19-13-21(15-35-14-19)42-28(30)31)26(39)17-4-2-5-18(12-17)38-24-22(25(36-38)29(32,33)34)6-3-7-23(24)44-43-20-10-8-16(9-11-20)27(40)41/h2,4-5,8-15,23,28H,3,6-7H2,1H3,(H,40,41). The normalized spacial score (nSPS) is 14.7. The Morgan fingerprint density at radius 1 is 1.07 bits per heavy atom. The third-order valence-electron chi connectivity index (χ3n) is 6.81. The Morgan fingerprint density at radius 3 is 2.50 bits per heavy atom. The highest BCUT2D eigenvalue weighted by Crippen LogP contribution is 2.46. The number of carbonyl (C=O) groups is 2. The van der Waals surface area contributed by atoms with Crippen LogP contribution < -0.4 is 13.8 Å². The van der Waals surface area contributed by atoms with Crippen molar-refractivity contribution in [1.82, 2.24) is 14.8 Å². The average Bonchev–Trinajstić information content (AvgIpc) is 3.41. The minimum absolute atomic E-state index is 0.0295. The minimum atomic E-state index is -4.73. The highest BCUT2D eigenvalue weighted by atomic mass is 32.2. The fourth-order valence-corrected chi connectivity index (χ4v) is 5.70. The average molecular weight is 635 g/mol. The third kappa shape index (κ3) is 6.61. The van der Waals surface area contributed by atoms with Gasteiger partial charge in [-0.2, -0.15) is 27.1 Å². The summed E-state index contributed by atoms with van der Waals surface area (Å²) in [5.74, 6) is -1.62. The SMILES string of the molecule is CN(C(=O)c1cccc(-n2nc(C(F)(F)F)c3c2C(SOc2ccc(C(=O)O)cc2)CCC3)c1)c1cncc(OC(F)F)c1. The zero-order valence-electron chi connectivity index (χ0n) is 22.8. The number of carbonyl (C=O) groups excluding carboxylic acids is 1. The van der Waals surface area contributed by atoms with E-state index in [0.717, 1.165) is 23.1 Å². The molecular weight excluding hydrogens is 611 g/mol. The van der Waals surface area contributed by atoms with E-state index in [4.69, 9.17) is 9.29 Å². The number of halogens is 5. The highest BCUT2D eigenvalue weighted by Gasteiger charge is 2.42. The monoisotopic (exact) mass is 634 g/mol. The van der Waals surface area contributed by atoms with Crippen LogP contribution in [-0.4, -0.2) is 45.4 Å². The largest absolute Gasteiger partial charge is 0.478 e. The van der Waals surface area contributed by atoms with Gasteiger partial charge in [0.1, 0.15) is 11.5 Å². The van der Waals surface area contributed by atoms with Crippen LogP contribution in [0.25, 0.3) is 5.69 Å². The van der Waals surface area contributed by atoms with Crippen molar-refractivity contribution >= 4 is 29.6 Å². The van der Waals surface area contributed by atoms with E-state index in [1.165, 1.54) is 72.5 Å². The molecule has 0 saturated heterocycles. The lowest BCUT2D eigenvalue weighted by molar-refractivity contribution is -0.142. The Labute approximate surface area is 251 Å². The van der Waals surface area contributed by atoms with Gasteiger partial charge in [-0.25, -0.2) is 9.48 Å². The van der Waals surface area contributed by atoms with E-state index in [-0.39, 0.29) is 45.9 Å². The van der Waals surface area contributed by atoms with Gasteiger partial charge >= 0.3 is 18.8 Å². The first-order chi connectivity index (χ1) is 20.9. The zero-order chi connectivity index (χ0) is 31.6. The van der Waals surface area contributed by atoms with Gasteiger partial charge in [0.15, 0.2) is 5.69 Å². The summed E-state index contributed by atoms with van der Waals surface area (Å²) in [6.45, 7) is -3.09. The lowest BCUT2D eigenvalue weighted by Gasteiger charge is -2.24. The zero-order valence-corrected chi connectivity index (χ0v) is 23.6. The molecule has 1 amide bonds. The molecule has 0 aliphatic heterocycles. The molecule has 1 N–H and O–H groups in total. The lowest BCUT2D eigenvalue weighted by atomic mass is 9.95. The number of aromatic nitrogens is 3. The molecule has 0 radical (unpaired) electrons. The van der Waals surface area contributed by atoms with E-state index in [2.05, 4.69) is 14.8 Å². The smallest absolute Gasteiger partial charge is 0.435 e. The number of alkyl halides is 5. The van der Waals surface area contributed by atoms with E-state index in [0.29, 0.717) is 18.6 Å². The number of carboxylic acids is 1. The molecular formula is C29H23F5N4O5S. The number of amides is 1. The predicted molar refractivity (Wildman–Crippen MR) is 149 cm³/mol. The molecule has 2 aromatic carbocycles. The van der Waals surface area contributed by atoms with E-state index in [1.54, 1.807) is 0 Å². The summed E-state index contributed by atoms with van der Waals surface area (Å²) in [5, 5.41) is 12.5. The number of rotatable bonds is 9. The molecule has 2 heterocycles. The first-order valence-corrected chi connectivity index (χ1v) is 13.9. The van der Waals surface area contributed by atoms with Crippen molar-refractivity contribution in [3.05, 3.63) is 95.1 Å². The van der Waals surface area contributed by atoms with E-state index >= 15 is 0 Å². The summed E-state index contributed by atoms with van der Waals surface area (Å²) >= 11 is 0.935. The quantitative estimate of drug-likeness (QED) is 0.156. The van der Waals surface area contributed by atoms with Gasteiger partial charge in [0, 0.05) is 24.2 Å². The van der Waals surface area contributed by atoms with Crippen molar-refractivity contribution in [3.63, 3.8) is 0 Å². The molecule has 1 aliphatic carbocycles. The van der Waals surface area contributed by atoms with E-state index < -0.39 is 35.6 Å². The van der Waals surface area contributed by atoms with Gasteiger partial charge < -0.3 is 18.9 Å². The molecule has 44 heavy (non-hydrogen) atoms. The number of ether oxygens (including phenoxy) is 1. The fourth-order valence-electron chi connectivity index (χ4n) is 4.77. The van der Waals surface area contributed by atoms with Gasteiger partial charge in [0.25, 0.3) is 5.91 Å². The fraction of sp³-hybridized carbons (Fsp3) is 0.241. The molecule has 0 fully saturated rings. The number of nitrogens with zero attached hydrogens (tertiary/aromatic N) is 4. The summed E-state index contributed by atoms with van der Waals surface area (Å²) < 4.78 is 78.9. The summed E-state index contributed by atoms with van der Waals surface area (Å²) in [5.41, 5.74) is -0.226. The number of fused-ring (bicyclic) bond motifs is 1. The number of hydrogen-bond acceptors (Lipinski definition) is 7. The second-order valence-electron chi connectivity index (χ2n) is 9.68. The summed E-state index contributed by atoms with van der Waals surface area (Å²) in [6, 6.07) is 12.7. The summed E-state index contributed by atoms with van der Waals surface area (Å²) in [6.07, 6.45) is -1.33. The number of benzene rings is 2. The molecule has 1 aliphatic rings. The number of pyridine rings is 1. The van der Waals surface area contributed by atoms with Gasteiger partial charge in [-0.1, -0.05) is 6.07 Å². The van der Waals surface area contributed by atoms with Crippen LogP contribution in [0.5, 0.6) is 11.5 Å². The third-order valence-corrected chi connectivity index (χ3v) is 7.79. The van der Waals surface area contributed by atoms with Gasteiger partial charge in [-0.3, -0.25) is 9.78 Å². The van der Waals surface area contributed by atoms with Crippen LogP contribution in [0.2, 0.25) is 0 Å².